The minimum absolute atomic E-state index is 0.0199. The summed E-state index contributed by atoms with van der Waals surface area (Å²) in [5.41, 5.74) is 5.62. The molecule has 1 atom stereocenters. The van der Waals surface area contributed by atoms with Crippen LogP contribution in [-0.4, -0.2) is 34.2 Å². The summed E-state index contributed by atoms with van der Waals surface area (Å²) in [4.78, 5) is 25.4. The van der Waals surface area contributed by atoms with Gasteiger partial charge >= 0.3 is 22.2 Å². The van der Waals surface area contributed by atoms with E-state index in [2.05, 4.69) is 5.32 Å². The number of amides is 1. The van der Waals surface area contributed by atoms with E-state index in [1.807, 2.05) is 55.5 Å². The van der Waals surface area contributed by atoms with Crippen molar-refractivity contribution in [3.63, 3.8) is 0 Å². The number of hydrogen-bond donors (Lipinski definition) is 1. The smallest absolute Gasteiger partial charge is 0.408 e. The summed E-state index contributed by atoms with van der Waals surface area (Å²) >= 11 is 0. The zero-order valence-electron chi connectivity index (χ0n) is 21.9. The molecule has 1 aliphatic carbocycles. The number of hydrogen-bond acceptors (Lipinski definition) is 7. The van der Waals surface area contributed by atoms with Crippen LogP contribution in [-0.2, 0) is 24.4 Å². The first kappa shape index (κ1) is 27.0. The van der Waals surface area contributed by atoms with Crippen LogP contribution in [0.4, 0.5) is 4.79 Å². The van der Waals surface area contributed by atoms with E-state index < -0.39 is 28.2 Å². The molecule has 204 valence electrons. The molecule has 0 aliphatic heterocycles. The SMILES string of the molecule is COC(=O)C(NC(=O)OCC1c2ccccc2-c2ccccc21)c1ccc(OS(=O)(=O)c2ccc(C)cc2)cc1. The van der Waals surface area contributed by atoms with Gasteiger partial charge in [0, 0.05) is 5.92 Å². The summed E-state index contributed by atoms with van der Waals surface area (Å²) in [6, 6.07) is 26.8. The maximum Gasteiger partial charge on any atom is 0.408 e. The Labute approximate surface area is 232 Å². The summed E-state index contributed by atoms with van der Waals surface area (Å²) in [5, 5.41) is 2.56. The molecule has 0 aromatic heterocycles. The largest absolute Gasteiger partial charge is 0.467 e. The van der Waals surface area contributed by atoms with Gasteiger partial charge in [0.15, 0.2) is 6.04 Å². The molecular weight excluding hydrogens is 530 g/mol. The van der Waals surface area contributed by atoms with Crippen LogP contribution >= 0.6 is 0 Å². The Kier molecular flexibility index (Phi) is 7.57. The molecule has 8 nitrogen and oxygen atoms in total. The fraction of sp³-hybridized carbons (Fsp3) is 0.161. The molecule has 4 aromatic carbocycles. The van der Waals surface area contributed by atoms with Crippen molar-refractivity contribution in [2.24, 2.45) is 0 Å². The van der Waals surface area contributed by atoms with E-state index in [1.54, 1.807) is 12.1 Å². The molecule has 0 fully saturated rings. The topological polar surface area (TPSA) is 108 Å². The highest BCUT2D eigenvalue weighted by Gasteiger charge is 2.30. The van der Waals surface area contributed by atoms with E-state index in [4.69, 9.17) is 13.7 Å². The van der Waals surface area contributed by atoms with Crippen LogP contribution in [0.2, 0.25) is 0 Å². The average Bonchev–Trinajstić information content (AvgIpc) is 3.28. The highest BCUT2D eigenvalue weighted by Crippen LogP contribution is 2.44. The lowest BCUT2D eigenvalue weighted by molar-refractivity contribution is -0.143. The van der Waals surface area contributed by atoms with E-state index >= 15 is 0 Å². The maximum atomic E-state index is 12.8. The fourth-order valence-corrected chi connectivity index (χ4v) is 5.68. The molecule has 40 heavy (non-hydrogen) atoms. The molecule has 0 saturated carbocycles. The van der Waals surface area contributed by atoms with Crippen LogP contribution in [0.1, 0.15) is 34.2 Å². The van der Waals surface area contributed by atoms with Crippen molar-refractivity contribution >= 4 is 22.2 Å². The molecular formula is C31H27NO7S. The van der Waals surface area contributed by atoms with Gasteiger partial charge in [-0.2, -0.15) is 8.42 Å². The van der Waals surface area contributed by atoms with E-state index in [9.17, 15) is 18.0 Å². The summed E-state index contributed by atoms with van der Waals surface area (Å²) < 4.78 is 40.9. The zero-order chi connectivity index (χ0) is 28.3. The number of esters is 1. The Morgan fingerprint density at radius 1 is 0.825 bits per heavy atom. The highest BCUT2D eigenvalue weighted by atomic mass is 32.2. The van der Waals surface area contributed by atoms with Gasteiger partial charge in [0.2, 0.25) is 0 Å². The Balaban J connectivity index is 1.27. The van der Waals surface area contributed by atoms with Crippen LogP contribution < -0.4 is 9.50 Å². The lowest BCUT2D eigenvalue weighted by atomic mass is 9.98. The van der Waals surface area contributed by atoms with E-state index in [0.717, 1.165) is 27.8 Å². The molecule has 0 heterocycles. The van der Waals surface area contributed by atoms with Gasteiger partial charge in [0.25, 0.3) is 0 Å². The third kappa shape index (κ3) is 5.55. The minimum Gasteiger partial charge on any atom is -0.467 e. The Bertz CT molecular complexity index is 1600. The van der Waals surface area contributed by atoms with E-state index in [1.165, 1.54) is 43.5 Å². The average molecular weight is 558 g/mol. The first-order valence-corrected chi connectivity index (χ1v) is 14.0. The number of nitrogens with one attached hydrogen (secondary N) is 1. The van der Waals surface area contributed by atoms with Crippen molar-refractivity contribution in [3.8, 4) is 16.9 Å². The van der Waals surface area contributed by atoms with Gasteiger partial charge in [-0.1, -0.05) is 78.4 Å². The summed E-state index contributed by atoms with van der Waals surface area (Å²) in [5.74, 6) is -0.801. The molecule has 0 bridgehead atoms. The molecule has 0 saturated heterocycles. The highest BCUT2D eigenvalue weighted by molar-refractivity contribution is 7.87. The number of alkyl carbamates (subject to hydrolysis) is 1. The Morgan fingerprint density at radius 3 is 1.98 bits per heavy atom. The standard InChI is InChI=1S/C31H27NO7S/c1-20-11-17-23(18-12-20)40(35,36)39-22-15-13-21(14-16-22)29(30(33)37-2)32-31(34)38-19-28-26-9-5-3-7-24(26)25-8-4-6-10-27(25)28/h3-18,28-29H,19H2,1-2H3,(H,32,34). The van der Waals surface area contributed by atoms with Crippen molar-refractivity contribution in [2.45, 2.75) is 23.8 Å². The summed E-state index contributed by atoms with van der Waals surface area (Å²) in [6.07, 6.45) is -0.792. The van der Waals surface area contributed by atoms with Crippen LogP contribution in [0.15, 0.2) is 102 Å². The lowest BCUT2D eigenvalue weighted by Gasteiger charge is -2.19. The quantitative estimate of drug-likeness (QED) is 0.225. The van der Waals surface area contributed by atoms with E-state index in [0.29, 0.717) is 5.56 Å². The zero-order valence-corrected chi connectivity index (χ0v) is 22.7. The predicted molar refractivity (Wildman–Crippen MR) is 148 cm³/mol. The molecule has 0 radical (unpaired) electrons. The first-order valence-electron chi connectivity index (χ1n) is 12.6. The second-order valence-electron chi connectivity index (χ2n) is 9.35. The van der Waals surface area contributed by atoms with Crippen molar-refractivity contribution in [1.82, 2.24) is 5.32 Å². The van der Waals surface area contributed by atoms with Gasteiger partial charge < -0.3 is 19.0 Å². The first-order chi connectivity index (χ1) is 19.3. The minimum atomic E-state index is -4.04. The van der Waals surface area contributed by atoms with Gasteiger partial charge in [0.05, 0.1) is 7.11 Å². The number of ether oxygens (including phenoxy) is 2. The Morgan fingerprint density at radius 2 is 1.40 bits per heavy atom. The maximum absolute atomic E-state index is 12.8. The van der Waals surface area contributed by atoms with Crippen molar-refractivity contribution in [3.05, 3.63) is 119 Å². The van der Waals surface area contributed by atoms with Crippen molar-refractivity contribution in [1.29, 1.82) is 0 Å². The summed E-state index contributed by atoms with van der Waals surface area (Å²) in [7, 11) is -2.83. The molecule has 1 amide bonds. The van der Waals surface area contributed by atoms with Gasteiger partial charge in [-0.3, -0.25) is 0 Å². The number of carbonyl (C=O) groups is 2. The van der Waals surface area contributed by atoms with Gasteiger partial charge in [-0.05, 0) is 59.0 Å². The van der Waals surface area contributed by atoms with Crippen LogP contribution in [0.25, 0.3) is 11.1 Å². The van der Waals surface area contributed by atoms with Crippen LogP contribution in [0.5, 0.6) is 5.75 Å². The molecule has 9 heteroatoms. The van der Waals surface area contributed by atoms with Gasteiger partial charge in [-0.15, -0.1) is 0 Å². The van der Waals surface area contributed by atoms with Crippen molar-refractivity contribution < 1.29 is 31.7 Å². The third-order valence-electron chi connectivity index (χ3n) is 6.77. The number of carbonyl (C=O) groups excluding carboxylic acids is 2. The van der Waals surface area contributed by atoms with Gasteiger partial charge in [0.1, 0.15) is 17.3 Å². The van der Waals surface area contributed by atoms with E-state index in [-0.39, 0.29) is 23.2 Å². The van der Waals surface area contributed by atoms with Crippen LogP contribution in [0, 0.1) is 6.92 Å². The monoisotopic (exact) mass is 557 g/mol. The Hall–Kier alpha value is -4.63. The summed E-state index contributed by atoms with van der Waals surface area (Å²) in [6.45, 7) is 1.93. The molecule has 1 aliphatic rings. The fourth-order valence-electron chi connectivity index (χ4n) is 4.75. The molecule has 0 spiro atoms. The molecule has 4 aromatic rings. The van der Waals surface area contributed by atoms with Crippen LogP contribution in [0.3, 0.4) is 0 Å². The number of aryl methyl sites for hydroxylation is 1. The third-order valence-corrected chi connectivity index (χ3v) is 8.03. The molecule has 1 N–H and O–H groups in total. The van der Waals surface area contributed by atoms with Gasteiger partial charge in [-0.25, -0.2) is 9.59 Å². The number of fused-ring (bicyclic) bond motifs is 3. The molecule has 5 rings (SSSR count). The second kappa shape index (κ2) is 11.2. The number of methoxy groups -OCH3 is 1. The number of rotatable bonds is 8. The number of benzene rings is 4. The predicted octanol–water partition coefficient (Wildman–Crippen LogP) is 5.52. The van der Waals surface area contributed by atoms with Crippen molar-refractivity contribution in [2.75, 3.05) is 13.7 Å². The second-order valence-corrected chi connectivity index (χ2v) is 10.9. The lowest BCUT2D eigenvalue weighted by Crippen LogP contribution is -2.35. The normalized spacial score (nSPS) is 13.1. The molecule has 1 unspecified atom stereocenters.